The standard InChI is InChI=1S/C93H59BN12/c1-8-28-61(29-9-1)85-95-86(62-30-10-2-11-31-62)99-91(98-85)67-52-54-78-73(56-67)72-42-22-25-45-77(72)106(78)79-55-53-68(92-100-87(63-32-12-3-13-33-63)96-88(101-92)64-34-14-4-15-35-64)57-74(79)93-102-89(65-36-16-5-17-37-65)97-90(103-93)66-50-48-60(49-51-66)69-58-82-84-83(59-69)105(71-40-20-7-21-41-71)81-47-27-24-44-76(81)94(84)75-43-23-26-46-80(75)104(82)70-38-18-6-19-39-70/h1-59H. The number of fused-ring (bicyclic) bond motifs is 7. The second-order valence-electron chi connectivity index (χ2n) is 26.5. The summed E-state index contributed by atoms with van der Waals surface area (Å²) in [4.78, 5) is 52.5. The SMILES string of the molecule is c1ccc(-c2nc(-c3ccccc3)nc(-c3ccc(-n4c5ccccc5c5cc(-c6nc(-c7ccccc7)nc(-c7ccccc7)n6)ccc54)c(-c4nc(-c5ccccc5)nc(-c5ccc(-c6cc7c8c(c6)N(c6ccccc6)c6ccccc6B8c6ccccc6N7c6ccccc6)cc5)n4)c3)n2)cc1. The van der Waals surface area contributed by atoms with E-state index in [1.54, 1.807) is 0 Å². The molecule has 6 heterocycles. The first-order valence-corrected chi connectivity index (χ1v) is 35.5. The van der Waals surface area contributed by atoms with Gasteiger partial charge >= 0.3 is 0 Å². The average molecular weight is 1360 g/mol. The van der Waals surface area contributed by atoms with Gasteiger partial charge in [0.15, 0.2) is 52.4 Å². The minimum Gasteiger partial charge on any atom is -0.311 e. The van der Waals surface area contributed by atoms with Gasteiger partial charge in [0.1, 0.15) is 0 Å². The third-order valence-corrected chi connectivity index (χ3v) is 20.1. The first-order chi connectivity index (χ1) is 52.5. The molecule has 0 saturated heterocycles. The second-order valence-corrected chi connectivity index (χ2v) is 26.5. The molecule has 2 aliphatic heterocycles. The van der Waals surface area contributed by atoms with Crippen LogP contribution in [0.15, 0.2) is 358 Å². The maximum atomic E-state index is 5.62. The van der Waals surface area contributed by atoms with Crippen molar-refractivity contribution in [2.75, 3.05) is 9.80 Å². The summed E-state index contributed by atoms with van der Waals surface area (Å²) in [7, 11) is 0. The summed E-state index contributed by atoms with van der Waals surface area (Å²) < 4.78 is 2.31. The van der Waals surface area contributed by atoms with Crippen molar-refractivity contribution < 1.29 is 0 Å². The molecular weight excluding hydrogens is 1300 g/mol. The van der Waals surface area contributed by atoms with E-state index in [4.69, 9.17) is 44.9 Å². The number of para-hydroxylation sites is 5. The molecule has 13 heteroatoms. The van der Waals surface area contributed by atoms with Crippen molar-refractivity contribution in [2.24, 2.45) is 0 Å². The number of benzene rings is 14. The summed E-state index contributed by atoms with van der Waals surface area (Å²) in [6.45, 7) is -0.0125. The summed E-state index contributed by atoms with van der Waals surface area (Å²) in [5, 5.41) is 2.04. The van der Waals surface area contributed by atoms with Crippen LogP contribution < -0.4 is 26.2 Å². The highest BCUT2D eigenvalue weighted by molar-refractivity contribution is 7.00. The molecule has 0 fully saturated rings. The van der Waals surface area contributed by atoms with Crippen LogP contribution in [0.1, 0.15) is 0 Å². The third-order valence-electron chi connectivity index (χ3n) is 20.1. The maximum absolute atomic E-state index is 5.62. The van der Waals surface area contributed by atoms with Crippen molar-refractivity contribution in [1.29, 1.82) is 0 Å². The molecule has 20 rings (SSSR count). The molecule has 12 nitrogen and oxygen atoms in total. The Morgan fingerprint density at radius 2 is 0.519 bits per heavy atom. The van der Waals surface area contributed by atoms with Gasteiger partial charge in [-0.25, -0.2) is 44.9 Å². The largest absolute Gasteiger partial charge is 0.311 e. The zero-order chi connectivity index (χ0) is 70.0. The Kier molecular flexibility index (Phi) is 15.0. The topological polar surface area (TPSA) is 127 Å². The molecule has 4 aromatic heterocycles. The fourth-order valence-electron chi connectivity index (χ4n) is 15.2. The second kappa shape index (κ2) is 25.9. The molecule has 0 aliphatic carbocycles. The summed E-state index contributed by atoms with van der Waals surface area (Å²) in [5.41, 5.74) is 22.8. The third kappa shape index (κ3) is 10.8. The van der Waals surface area contributed by atoms with Gasteiger partial charge in [0.25, 0.3) is 6.71 Å². The van der Waals surface area contributed by atoms with Gasteiger partial charge in [-0.1, -0.05) is 267 Å². The van der Waals surface area contributed by atoms with Crippen molar-refractivity contribution in [3.05, 3.63) is 358 Å². The van der Waals surface area contributed by atoms with Crippen LogP contribution in [0.2, 0.25) is 0 Å². The van der Waals surface area contributed by atoms with Crippen LogP contribution in [-0.2, 0) is 0 Å². The first-order valence-electron chi connectivity index (χ1n) is 35.5. The van der Waals surface area contributed by atoms with Crippen molar-refractivity contribution in [2.45, 2.75) is 0 Å². The van der Waals surface area contributed by atoms with E-state index in [-0.39, 0.29) is 6.71 Å². The van der Waals surface area contributed by atoms with Crippen LogP contribution in [-0.4, -0.2) is 56.1 Å². The first kappa shape index (κ1) is 61.4. The summed E-state index contributed by atoms with van der Waals surface area (Å²) in [6.07, 6.45) is 0. The van der Waals surface area contributed by atoms with E-state index in [9.17, 15) is 0 Å². The quantitative estimate of drug-likeness (QED) is 0.102. The van der Waals surface area contributed by atoms with Gasteiger partial charge in [-0.05, 0) is 119 Å². The lowest BCUT2D eigenvalue weighted by Crippen LogP contribution is -2.61. The van der Waals surface area contributed by atoms with Crippen molar-refractivity contribution in [1.82, 2.24) is 49.4 Å². The molecule has 0 atom stereocenters. The van der Waals surface area contributed by atoms with Crippen LogP contribution >= 0.6 is 0 Å². The summed E-state index contributed by atoms with van der Waals surface area (Å²) in [5.74, 6) is 4.79. The van der Waals surface area contributed by atoms with Gasteiger partial charge in [0.05, 0.1) is 16.7 Å². The molecule has 0 bridgehead atoms. The molecule has 0 spiro atoms. The highest BCUT2D eigenvalue weighted by Gasteiger charge is 2.43. The highest BCUT2D eigenvalue weighted by Crippen LogP contribution is 2.47. The van der Waals surface area contributed by atoms with Crippen molar-refractivity contribution >= 4 is 79.0 Å². The Morgan fingerprint density at radius 1 is 0.198 bits per heavy atom. The number of anilines is 6. The molecule has 2 aliphatic rings. The van der Waals surface area contributed by atoms with E-state index in [1.807, 2.05) is 152 Å². The van der Waals surface area contributed by atoms with E-state index in [2.05, 4.69) is 221 Å². The number of hydrogen-bond acceptors (Lipinski definition) is 11. The lowest BCUT2D eigenvalue weighted by molar-refractivity contribution is 1.06. The van der Waals surface area contributed by atoms with Gasteiger partial charge < -0.3 is 14.4 Å². The number of nitrogens with zero attached hydrogens (tertiary/aromatic N) is 12. The van der Waals surface area contributed by atoms with Gasteiger partial charge in [-0.3, -0.25) is 0 Å². The fraction of sp³-hybridized carbons (Fsp3) is 0. The van der Waals surface area contributed by atoms with Crippen LogP contribution in [0.4, 0.5) is 34.1 Å². The Balaban J connectivity index is 0.779. The molecule has 0 radical (unpaired) electrons. The van der Waals surface area contributed by atoms with E-state index in [0.29, 0.717) is 52.4 Å². The molecule has 14 aromatic carbocycles. The Labute approximate surface area is 611 Å². The molecule has 106 heavy (non-hydrogen) atoms. The Morgan fingerprint density at radius 3 is 0.962 bits per heavy atom. The molecule has 0 N–H and O–H groups in total. The molecule has 494 valence electrons. The number of aromatic nitrogens is 10. The van der Waals surface area contributed by atoms with Gasteiger partial charge in [-0.2, -0.15) is 0 Å². The number of rotatable bonds is 13. The minimum atomic E-state index is -0.0125. The maximum Gasteiger partial charge on any atom is 0.252 e. The van der Waals surface area contributed by atoms with Gasteiger partial charge in [0, 0.05) is 95.0 Å². The monoisotopic (exact) mass is 1350 g/mol. The van der Waals surface area contributed by atoms with Crippen molar-refractivity contribution in [3.63, 3.8) is 0 Å². The lowest BCUT2D eigenvalue weighted by atomic mass is 9.33. The highest BCUT2D eigenvalue weighted by atomic mass is 15.2. The normalized spacial score (nSPS) is 12.1. The minimum absolute atomic E-state index is 0.0125. The number of hydrogen-bond donors (Lipinski definition) is 0. The molecule has 0 amide bonds. The predicted octanol–water partition coefficient (Wildman–Crippen LogP) is 20.1. The van der Waals surface area contributed by atoms with E-state index < -0.39 is 0 Å². The Hall–Kier alpha value is -14.4. The molecule has 0 saturated carbocycles. The predicted molar refractivity (Wildman–Crippen MR) is 429 cm³/mol. The van der Waals surface area contributed by atoms with Gasteiger partial charge in [-0.15, -0.1) is 0 Å². The fourth-order valence-corrected chi connectivity index (χ4v) is 15.2. The van der Waals surface area contributed by atoms with Crippen LogP contribution in [0.25, 0.3) is 141 Å². The Bertz CT molecular complexity index is 6160. The van der Waals surface area contributed by atoms with Crippen LogP contribution in [0.5, 0.6) is 0 Å². The van der Waals surface area contributed by atoms with Crippen LogP contribution in [0, 0.1) is 0 Å². The van der Waals surface area contributed by atoms with E-state index >= 15 is 0 Å². The van der Waals surface area contributed by atoms with Gasteiger partial charge in [0.2, 0.25) is 0 Å². The summed E-state index contributed by atoms with van der Waals surface area (Å²) in [6, 6.07) is 125. The molecular formula is C93H59BN12. The van der Waals surface area contributed by atoms with Crippen molar-refractivity contribution in [3.8, 4) is 119 Å². The summed E-state index contributed by atoms with van der Waals surface area (Å²) >= 11 is 0. The van der Waals surface area contributed by atoms with E-state index in [1.165, 1.54) is 16.4 Å². The average Bonchev–Trinajstić information content (AvgIpc) is 0.829. The molecule has 18 aromatic rings. The smallest absolute Gasteiger partial charge is 0.252 e. The lowest BCUT2D eigenvalue weighted by Gasteiger charge is -2.44. The van der Waals surface area contributed by atoms with E-state index in [0.717, 1.165) is 123 Å². The van der Waals surface area contributed by atoms with Crippen LogP contribution in [0.3, 0.4) is 0 Å². The zero-order valence-electron chi connectivity index (χ0n) is 57.0. The molecule has 0 unspecified atom stereocenters. The zero-order valence-corrected chi connectivity index (χ0v) is 57.0.